The predicted octanol–water partition coefficient (Wildman–Crippen LogP) is 5.56. The van der Waals surface area contributed by atoms with Crippen LogP contribution in [0.15, 0.2) is 59.5 Å². The van der Waals surface area contributed by atoms with Gasteiger partial charge >= 0.3 is 0 Å². The van der Waals surface area contributed by atoms with Crippen molar-refractivity contribution in [3.63, 3.8) is 0 Å². The van der Waals surface area contributed by atoms with Gasteiger partial charge < -0.3 is 29.2 Å². The maximum atomic E-state index is 14.5. The number of rotatable bonds is 15. The maximum absolute atomic E-state index is 14.5. The summed E-state index contributed by atoms with van der Waals surface area (Å²) in [6.07, 6.45) is 0.220. The molecule has 3 rings (SSSR count). The Morgan fingerprint density at radius 3 is 2.00 bits per heavy atom. The van der Waals surface area contributed by atoms with Gasteiger partial charge in [0.05, 0.1) is 39.0 Å². The number of benzene rings is 3. The van der Waals surface area contributed by atoms with E-state index < -0.39 is 34.4 Å². The van der Waals surface area contributed by atoms with E-state index >= 15 is 0 Å². The van der Waals surface area contributed by atoms with Crippen LogP contribution in [0.1, 0.15) is 32.8 Å². The van der Waals surface area contributed by atoms with Crippen LogP contribution in [0.25, 0.3) is 0 Å². The quantitative estimate of drug-likeness (QED) is 0.219. The molecule has 0 saturated heterocycles. The average molecular weight is 697 g/mol. The summed E-state index contributed by atoms with van der Waals surface area (Å²) in [5.41, 5.74) is 0.434. The van der Waals surface area contributed by atoms with Gasteiger partial charge in [-0.15, -0.1) is 0 Å². The van der Waals surface area contributed by atoms with E-state index in [0.29, 0.717) is 17.1 Å². The average Bonchev–Trinajstić information content (AvgIpc) is 3.03. The number of ether oxygens (including phenoxy) is 4. The summed E-state index contributed by atoms with van der Waals surface area (Å²) in [6, 6.07) is 12.4. The number of nitrogens with one attached hydrogen (secondary N) is 1. The highest BCUT2D eigenvalue weighted by Gasteiger charge is 2.36. The second-order valence-corrected chi connectivity index (χ2v) is 13.1. The summed E-state index contributed by atoms with van der Waals surface area (Å²) < 4.78 is 51.4. The number of amides is 2. The zero-order valence-electron chi connectivity index (χ0n) is 26.8. The summed E-state index contributed by atoms with van der Waals surface area (Å²) in [5.74, 6) is -0.161. The van der Waals surface area contributed by atoms with Gasteiger partial charge in [-0.2, -0.15) is 0 Å². The van der Waals surface area contributed by atoms with Crippen LogP contribution in [0.2, 0.25) is 10.0 Å². The van der Waals surface area contributed by atoms with Crippen molar-refractivity contribution in [1.82, 2.24) is 10.2 Å². The van der Waals surface area contributed by atoms with Crippen LogP contribution in [0.3, 0.4) is 0 Å². The molecule has 0 saturated carbocycles. The Hall–Kier alpha value is -3.87. The van der Waals surface area contributed by atoms with E-state index in [-0.39, 0.29) is 51.1 Å². The van der Waals surface area contributed by atoms with Crippen molar-refractivity contribution >= 4 is 50.7 Å². The minimum atomic E-state index is -4.50. The molecule has 0 aliphatic rings. The van der Waals surface area contributed by atoms with Crippen LogP contribution >= 0.6 is 23.2 Å². The smallest absolute Gasteiger partial charge is 0.265 e. The van der Waals surface area contributed by atoms with Crippen molar-refractivity contribution in [3.05, 3.63) is 70.2 Å². The molecule has 2 amide bonds. The third-order valence-corrected chi connectivity index (χ3v) is 9.55. The number of methoxy groups -OCH3 is 4. The number of carbonyl (C=O) groups excluding carboxylic acids is 2. The van der Waals surface area contributed by atoms with Crippen molar-refractivity contribution in [2.24, 2.45) is 0 Å². The van der Waals surface area contributed by atoms with Gasteiger partial charge in [0, 0.05) is 40.3 Å². The van der Waals surface area contributed by atoms with Gasteiger partial charge in [0.15, 0.2) is 11.5 Å². The minimum absolute atomic E-state index is 0.0281. The lowest BCUT2D eigenvalue weighted by molar-refractivity contribution is -0.140. The van der Waals surface area contributed by atoms with E-state index in [9.17, 15) is 18.0 Å². The number of nitrogens with zero attached hydrogens (tertiary/aromatic N) is 2. The molecular formula is C32H39Cl2N3O8S. The fourth-order valence-electron chi connectivity index (χ4n) is 4.76. The van der Waals surface area contributed by atoms with Gasteiger partial charge in [0.2, 0.25) is 11.8 Å². The molecule has 0 unspecified atom stereocenters. The second kappa shape index (κ2) is 16.1. The molecule has 14 heteroatoms. The summed E-state index contributed by atoms with van der Waals surface area (Å²) in [6.45, 7) is 4.46. The lowest BCUT2D eigenvalue weighted by atomic mass is 10.1. The van der Waals surface area contributed by atoms with Crippen LogP contribution in [0.5, 0.6) is 23.0 Å². The van der Waals surface area contributed by atoms with E-state index in [1.54, 1.807) is 45.0 Å². The number of sulfonamides is 1. The van der Waals surface area contributed by atoms with Crippen LogP contribution in [-0.4, -0.2) is 72.2 Å². The zero-order chi connectivity index (χ0) is 34.2. The largest absolute Gasteiger partial charge is 0.497 e. The molecule has 0 fully saturated rings. The predicted molar refractivity (Wildman–Crippen MR) is 178 cm³/mol. The molecule has 250 valence electrons. The van der Waals surface area contributed by atoms with E-state index in [1.807, 2.05) is 0 Å². The molecular weight excluding hydrogens is 657 g/mol. The second-order valence-electron chi connectivity index (χ2n) is 10.4. The Morgan fingerprint density at radius 2 is 1.46 bits per heavy atom. The van der Waals surface area contributed by atoms with Crippen LogP contribution in [-0.2, 0) is 26.2 Å². The third-order valence-electron chi connectivity index (χ3n) is 7.08. The van der Waals surface area contributed by atoms with Crippen LogP contribution in [0, 0.1) is 0 Å². The Morgan fingerprint density at radius 1 is 0.848 bits per heavy atom. The molecule has 0 heterocycles. The topological polar surface area (TPSA) is 124 Å². The number of halogens is 2. The summed E-state index contributed by atoms with van der Waals surface area (Å²) in [7, 11) is 1.12. The van der Waals surface area contributed by atoms with Crippen molar-refractivity contribution in [2.45, 2.75) is 50.7 Å². The van der Waals surface area contributed by atoms with E-state index in [0.717, 1.165) is 4.31 Å². The van der Waals surface area contributed by atoms with Crippen molar-refractivity contribution in [3.8, 4) is 23.0 Å². The van der Waals surface area contributed by atoms with E-state index in [2.05, 4.69) is 5.32 Å². The summed E-state index contributed by atoms with van der Waals surface area (Å²) in [4.78, 5) is 29.0. The number of hydrogen-bond donors (Lipinski definition) is 1. The van der Waals surface area contributed by atoms with Crippen molar-refractivity contribution in [1.29, 1.82) is 0 Å². The standard InChI is InChI=1S/C32H39Cl2N3O8S/c1-8-26(32(39)35-20(2)3)36(18-23-24(33)10-9-11-25(23)34)31(38)19-37(27-16-21(42-4)12-14-28(27)43-5)46(40,41)22-13-15-29(44-6)30(17-22)45-7/h9-17,20,26H,8,18-19H2,1-7H3,(H,35,39)/t26-/m1/s1. The first-order valence-electron chi connectivity index (χ1n) is 14.3. The fraction of sp³-hybridized carbons (Fsp3) is 0.375. The molecule has 3 aromatic carbocycles. The zero-order valence-corrected chi connectivity index (χ0v) is 29.1. The number of hydrogen-bond acceptors (Lipinski definition) is 8. The van der Waals surface area contributed by atoms with Gasteiger partial charge in [-0.3, -0.25) is 13.9 Å². The van der Waals surface area contributed by atoms with Crippen LogP contribution in [0.4, 0.5) is 5.69 Å². The monoisotopic (exact) mass is 695 g/mol. The van der Waals surface area contributed by atoms with Crippen LogP contribution < -0.4 is 28.6 Å². The molecule has 0 radical (unpaired) electrons. The highest BCUT2D eigenvalue weighted by atomic mass is 35.5. The van der Waals surface area contributed by atoms with Crippen molar-refractivity contribution in [2.75, 3.05) is 39.3 Å². The first-order chi connectivity index (χ1) is 21.8. The van der Waals surface area contributed by atoms with Gasteiger partial charge in [-0.1, -0.05) is 36.2 Å². The lowest BCUT2D eigenvalue weighted by Gasteiger charge is -2.34. The first kappa shape index (κ1) is 36.6. The molecule has 1 N–H and O–H groups in total. The molecule has 0 bridgehead atoms. The number of carbonyl (C=O) groups is 2. The first-order valence-corrected chi connectivity index (χ1v) is 16.5. The highest BCUT2D eigenvalue weighted by Crippen LogP contribution is 2.38. The highest BCUT2D eigenvalue weighted by molar-refractivity contribution is 7.92. The van der Waals surface area contributed by atoms with E-state index in [4.69, 9.17) is 42.1 Å². The van der Waals surface area contributed by atoms with Gasteiger partial charge in [0.1, 0.15) is 24.1 Å². The Bertz CT molecular complexity index is 1630. The maximum Gasteiger partial charge on any atom is 0.265 e. The number of anilines is 1. The molecule has 0 aliphatic carbocycles. The minimum Gasteiger partial charge on any atom is -0.497 e. The van der Waals surface area contributed by atoms with Crippen molar-refractivity contribution < 1.29 is 37.0 Å². The normalized spacial score (nSPS) is 11.9. The molecule has 1 atom stereocenters. The van der Waals surface area contributed by atoms with Gasteiger partial charge in [-0.25, -0.2) is 8.42 Å². The Kier molecular flexibility index (Phi) is 12.8. The van der Waals surface area contributed by atoms with E-state index in [1.165, 1.54) is 63.7 Å². The Labute approximate surface area is 280 Å². The summed E-state index contributed by atoms with van der Waals surface area (Å²) in [5, 5.41) is 3.42. The molecule has 3 aromatic rings. The van der Waals surface area contributed by atoms with Gasteiger partial charge in [-0.05, 0) is 56.7 Å². The Balaban J connectivity index is 2.24. The molecule has 0 aliphatic heterocycles. The summed E-state index contributed by atoms with van der Waals surface area (Å²) >= 11 is 13.0. The molecule has 0 aromatic heterocycles. The SMILES string of the molecule is CC[C@H](C(=O)NC(C)C)N(Cc1c(Cl)cccc1Cl)C(=O)CN(c1cc(OC)ccc1OC)S(=O)(=O)c1ccc(OC)c(OC)c1. The molecule has 0 spiro atoms. The lowest BCUT2D eigenvalue weighted by Crippen LogP contribution is -2.53. The molecule has 11 nitrogen and oxygen atoms in total. The fourth-order valence-corrected chi connectivity index (χ4v) is 6.71. The third kappa shape index (κ3) is 8.28. The molecule has 46 heavy (non-hydrogen) atoms. The van der Waals surface area contributed by atoms with Gasteiger partial charge in [0.25, 0.3) is 10.0 Å².